The lowest BCUT2D eigenvalue weighted by Gasteiger charge is -2.42. The van der Waals surface area contributed by atoms with Gasteiger partial charge in [-0.2, -0.15) is 5.26 Å². The molecule has 3 rings (SSSR count). The van der Waals surface area contributed by atoms with E-state index in [4.69, 9.17) is 0 Å². The molecule has 0 radical (unpaired) electrons. The Hall–Kier alpha value is -1.33. The molecule has 17 heavy (non-hydrogen) atoms. The van der Waals surface area contributed by atoms with Gasteiger partial charge in [0.2, 0.25) is 0 Å². The van der Waals surface area contributed by atoms with Crippen LogP contribution in [0.25, 0.3) is 0 Å². The molecule has 0 heterocycles. The summed E-state index contributed by atoms with van der Waals surface area (Å²) in [5, 5.41) is 19.7. The molecular weight excluding hydrogens is 210 g/mol. The molecule has 0 amide bonds. The van der Waals surface area contributed by atoms with Gasteiger partial charge in [-0.25, -0.2) is 0 Å². The molecule has 2 nitrogen and oxygen atoms in total. The molecule has 0 spiro atoms. The van der Waals surface area contributed by atoms with Crippen LogP contribution in [0.5, 0.6) is 0 Å². The maximum atomic E-state index is 10.3. The van der Waals surface area contributed by atoms with Crippen molar-refractivity contribution in [2.24, 2.45) is 11.8 Å². The number of nitrogens with zero attached hydrogens (tertiary/aromatic N) is 1. The van der Waals surface area contributed by atoms with E-state index in [1.54, 1.807) is 0 Å². The van der Waals surface area contributed by atoms with Gasteiger partial charge in [0.05, 0.1) is 18.1 Å². The van der Waals surface area contributed by atoms with E-state index in [1.807, 2.05) is 18.2 Å². The molecule has 2 aliphatic carbocycles. The minimum atomic E-state index is -0.587. The second-order valence-electron chi connectivity index (χ2n) is 5.28. The summed E-state index contributed by atoms with van der Waals surface area (Å²) >= 11 is 0. The van der Waals surface area contributed by atoms with Crippen molar-refractivity contribution in [3.63, 3.8) is 0 Å². The largest absolute Gasteiger partial charge is 0.387 e. The zero-order valence-corrected chi connectivity index (χ0v) is 9.84. The number of rotatable bonds is 0. The molecule has 2 heteroatoms. The molecule has 4 atom stereocenters. The molecule has 2 aliphatic rings. The smallest absolute Gasteiger partial charge is 0.0953 e. The number of fused-ring (bicyclic) bond motifs is 3. The van der Waals surface area contributed by atoms with Crippen LogP contribution in [0.3, 0.4) is 0 Å². The number of aliphatic hydroxyl groups excluding tert-OH is 1. The Bertz CT molecular complexity index is 462. The summed E-state index contributed by atoms with van der Waals surface area (Å²) in [4.78, 5) is 0. The predicted molar refractivity (Wildman–Crippen MR) is 65.2 cm³/mol. The number of benzene rings is 1. The molecule has 0 saturated heterocycles. The van der Waals surface area contributed by atoms with Gasteiger partial charge in [0.15, 0.2) is 0 Å². The first-order valence-electron chi connectivity index (χ1n) is 6.49. The van der Waals surface area contributed by atoms with Crippen LogP contribution < -0.4 is 0 Å². The third kappa shape index (κ3) is 1.57. The molecule has 1 saturated carbocycles. The normalized spacial score (nSPS) is 35.5. The minimum Gasteiger partial charge on any atom is -0.387 e. The maximum absolute atomic E-state index is 10.3. The lowest BCUT2D eigenvalue weighted by Crippen LogP contribution is -2.34. The zero-order valence-electron chi connectivity index (χ0n) is 9.84. The summed E-state index contributed by atoms with van der Waals surface area (Å²) in [5.74, 6) is 0.641. The first kappa shape index (κ1) is 10.8. The quantitative estimate of drug-likeness (QED) is 0.740. The molecule has 0 aliphatic heterocycles. The Balaban J connectivity index is 2.10. The monoisotopic (exact) mass is 227 g/mol. The zero-order chi connectivity index (χ0) is 11.8. The summed E-state index contributed by atoms with van der Waals surface area (Å²) < 4.78 is 0. The lowest BCUT2D eigenvalue weighted by molar-refractivity contribution is 0.0629. The summed E-state index contributed by atoms with van der Waals surface area (Å²) in [5.41, 5.74) is 2.28. The van der Waals surface area contributed by atoms with Gasteiger partial charge in [-0.3, -0.25) is 0 Å². The van der Waals surface area contributed by atoms with E-state index in [9.17, 15) is 10.4 Å². The second kappa shape index (κ2) is 4.16. The van der Waals surface area contributed by atoms with E-state index in [2.05, 4.69) is 12.1 Å². The van der Waals surface area contributed by atoms with Crippen molar-refractivity contribution >= 4 is 0 Å². The SMILES string of the molecule is N#C[C@@H]1[C@H]2CCCC[C@@H]2c2ccccc2[C@@H]1O. The van der Waals surface area contributed by atoms with Crippen LogP contribution in [0.1, 0.15) is 48.8 Å². The Morgan fingerprint density at radius 3 is 2.59 bits per heavy atom. The maximum Gasteiger partial charge on any atom is 0.0953 e. The topological polar surface area (TPSA) is 44.0 Å². The fraction of sp³-hybridized carbons (Fsp3) is 0.533. The summed E-state index contributed by atoms with van der Waals surface area (Å²) in [6.07, 6.45) is 4.13. The standard InChI is InChI=1S/C15H17NO/c16-9-14-12-7-2-1-5-10(12)11-6-3-4-8-13(11)15(14)17/h3-4,6,8,10,12,14-15,17H,1-2,5,7H2/t10-,12+,14-,15+/m1/s1. The summed E-state index contributed by atoms with van der Waals surface area (Å²) in [7, 11) is 0. The van der Waals surface area contributed by atoms with Crippen LogP contribution in [-0.4, -0.2) is 5.11 Å². The molecule has 88 valence electrons. The van der Waals surface area contributed by atoms with Gasteiger partial charge < -0.3 is 5.11 Å². The second-order valence-corrected chi connectivity index (χ2v) is 5.28. The molecule has 1 aromatic rings. The minimum absolute atomic E-state index is 0.213. The van der Waals surface area contributed by atoms with Crippen LogP contribution >= 0.6 is 0 Å². The van der Waals surface area contributed by atoms with E-state index in [-0.39, 0.29) is 5.92 Å². The first-order valence-corrected chi connectivity index (χ1v) is 6.49. The molecule has 1 fully saturated rings. The van der Waals surface area contributed by atoms with Crippen LogP contribution in [0, 0.1) is 23.2 Å². The van der Waals surface area contributed by atoms with Crippen LogP contribution in [0.15, 0.2) is 24.3 Å². The Morgan fingerprint density at radius 2 is 1.82 bits per heavy atom. The van der Waals surface area contributed by atoms with Crippen molar-refractivity contribution in [2.75, 3.05) is 0 Å². The molecule has 0 unspecified atom stereocenters. The summed E-state index contributed by atoms with van der Waals surface area (Å²) in [6.45, 7) is 0. The molecular formula is C15H17NO. The number of hydrogen-bond donors (Lipinski definition) is 1. The van der Waals surface area contributed by atoms with Crippen molar-refractivity contribution in [2.45, 2.75) is 37.7 Å². The van der Waals surface area contributed by atoms with Crippen LogP contribution in [-0.2, 0) is 0 Å². The van der Waals surface area contributed by atoms with E-state index >= 15 is 0 Å². The third-order valence-corrected chi connectivity index (χ3v) is 4.48. The highest BCUT2D eigenvalue weighted by Gasteiger charge is 2.42. The van der Waals surface area contributed by atoms with Crippen LogP contribution in [0.4, 0.5) is 0 Å². The van der Waals surface area contributed by atoms with Gasteiger partial charge in [0, 0.05) is 0 Å². The van der Waals surface area contributed by atoms with E-state index in [1.165, 1.54) is 24.8 Å². The Morgan fingerprint density at radius 1 is 1.12 bits per heavy atom. The Labute approximate surface area is 102 Å². The fourth-order valence-corrected chi connectivity index (χ4v) is 3.69. The van der Waals surface area contributed by atoms with Gasteiger partial charge >= 0.3 is 0 Å². The highest BCUT2D eigenvalue weighted by molar-refractivity contribution is 5.37. The Kier molecular flexibility index (Phi) is 2.64. The number of nitriles is 1. The van der Waals surface area contributed by atoms with Gasteiger partial charge in [0.25, 0.3) is 0 Å². The highest BCUT2D eigenvalue weighted by Crippen LogP contribution is 2.51. The first-order chi connectivity index (χ1) is 8.33. The lowest BCUT2D eigenvalue weighted by atomic mass is 9.62. The van der Waals surface area contributed by atoms with Crippen molar-refractivity contribution in [1.29, 1.82) is 5.26 Å². The fourth-order valence-electron chi connectivity index (χ4n) is 3.69. The number of hydrogen-bond acceptors (Lipinski definition) is 2. The van der Waals surface area contributed by atoms with Gasteiger partial charge in [-0.15, -0.1) is 0 Å². The average Bonchev–Trinajstić information content (AvgIpc) is 2.40. The van der Waals surface area contributed by atoms with Gasteiger partial charge in [-0.05, 0) is 35.8 Å². The van der Waals surface area contributed by atoms with E-state index in [0.717, 1.165) is 12.0 Å². The van der Waals surface area contributed by atoms with E-state index < -0.39 is 6.10 Å². The van der Waals surface area contributed by atoms with Crippen molar-refractivity contribution in [1.82, 2.24) is 0 Å². The van der Waals surface area contributed by atoms with Gasteiger partial charge in [0.1, 0.15) is 0 Å². The van der Waals surface area contributed by atoms with Gasteiger partial charge in [-0.1, -0.05) is 37.1 Å². The average molecular weight is 227 g/mol. The van der Waals surface area contributed by atoms with Crippen molar-refractivity contribution < 1.29 is 5.11 Å². The summed E-state index contributed by atoms with van der Waals surface area (Å²) in [6, 6.07) is 10.5. The van der Waals surface area contributed by atoms with E-state index in [0.29, 0.717) is 11.8 Å². The number of aliphatic hydroxyl groups is 1. The molecule has 1 N–H and O–H groups in total. The third-order valence-electron chi connectivity index (χ3n) is 4.48. The van der Waals surface area contributed by atoms with Crippen molar-refractivity contribution in [3.05, 3.63) is 35.4 Å². The molecule has 1 aromatic carbocycles. The van der Waals surface area contributed by atoms with Crippen molar-refractivity contribution in [3.8, 4) is 6.07 Å². The molecule has 0 aromatic heterocycles. The predicted octanol–water partition coefficient (Wildman–Crippen LogP) is 3.15. The van der Waals surface area contributed by atoms with Crippen LogP contribution in [0.2, 0.25) is 0 Å². The molecule has 0 bridgehead atoms. The highest BCUT2D eigenvalue weighted by atomic mass is 16.3.